The Morgan fingerprint density at radius 3 is 2.71 bits per heavy atom. The molecule has 1 aromatic heterocycles. The average molecular weight is 188 g/mol. The van der Waals surface area contributed by atoms with Gasteiger partial charge in [-0.3, -0.25) is 0 Å². The molecule has 0 aliphatic carbocycles. The van der Waals surface area contributed by atoms with Crippen molar-refractivity contribution in [1.29, 1.82) is 0 Å². The van der Waals surface area contributed by atoms with E-state index in [9.17, 15) is 0 Å². The van der Waals surface area contributed by atoms with E-state index in [1.165, 1.54) is 0 Å². The molecular weight excluding hydrogens is 176 g/mol. The van der Waals surface area contributed by atoms with E-state index >= 15 is 0 Å². The van der Waals surface area contributed by atoms with E-state index in [2.05, 4.69) is 0 Å². The summed E-state index contributed by atoms with van der Waals surface area (Å²) in [5, 5.41) is 8.98. The first-order valence-corrected chi connectivity index (χ1v) is 4.56. The van der Waals surface area contributed by atoms with Gasteiger partial charge in [-0.2, -0.15) is 0 Å². The van der Waals surface area contributed by atoms with Crippen LogP contribution < -0.4 is 0 Å². The van der Waals surface area contributed by atoms with Gasteiger partial charge in [0, 0.05) is 5.56 Å². The Morgan fingerprint density at radius 2 is 2.07 bits per heavy atom. The predicted molar refractivity (Wildman–Crippen MR) is 54.8 cm³/mol. The van der Waals surface area contributed by atoms with Gasteiger partial charge >= 0.3 is 0 Å². The number of hydrogen-bond donors (Lipinski definition) is 1. The molecule has 0 fully saturated rings. The minimum atomic E-state index is 0.0630. The third-order valence-corrected chi connectivity index (χ3v) is 2.13. The highest BCUT2D eigenvalue weighted by atomic mass is 16.3. The van der Waals surface area contributed by atoms with Gasteiger partial charge in [-0.25, -0.2) is 0 Å². The van der Waals surface area contributed by atoms with Crippen LogP contribution >= 0.6 is 0 Å². The van der Waals surface area contributed by atoms with Crippen molar-refractivity contribution < 1.29 is 9.52 Å². The van der Waals surface area contributed by atoms with Crippen molar-refractivity contribution in [3.8, 4) is 11.3 Å². The smallest absolute Gasteiger partial charge is 0.134 e. The van der Waals surface area contributed by atoms with Gasteiger partial charge in [0.1, 0.15) is 11.5 Å². The Labute approximate surface area is 82.8 Å². The maximum absolute atomic E-state index is 8.98. The fourth-order valence-electron chi connectivity index (χ4n) is 1.41. The van der Waals surface area contributed by atoms with Crippen LogP contribution in [0.15, 0.2) is 40.8 Å². The summed E-state index contributed by atoms with van der Waals surface area (Å²) < 4.78 is 5.49. The van der Waals surface area contributed by atoms with Crippen molar-refractivity contribution in [1.82, 2.24) is 0 Å². The number of aliphatic hydroxyl groups is 1. The van der Waals surface area contributed by atoms with Crippen LogP contribution in [-0.4, -0.2) is 5.11 Å². The van der Waals surface area contributed by atoms with Gasteiger partial charge in [0.15, 0.2) is 0 Å². The highest BCUT2D eigenvalue weighted by Crippen LogP contribution is 2.22. The number of furan rings is 1. The molecule has 1 heterocycles. The topological polar surface area (TPSA) is 33.4 Å². The fraction of sp³-hybridized carbons (Fsp3) is 0.167. The fourth-order valence-corrected chi connectivity index (χ4v) is 1.41. The van der Waals surface area contributed by atoms with Gasteiger partial charge < -0.3 is 9.52 Å². The second-order valence-electron chi connectivity index (χ2n) is 3.27. The van der Waals surface area contributed by atoms with Crippen LogP contribution in [0, 0.1) is 6.92 Å². The summed E-state index contributed by atoms with van der Waals surface area (Å²) >= 11 is 0. The average Bonchev–Trinajstić information content (AvgIpc) is 2.65. The summed E-state index contributed by atoms with van der Waals surface area (Å²) in [7, 11) is 0. The normalized spacial score (nSPS) is 10.4. The first-order valence-electron chi connectivity index (χ1n) is 4.56. The van der Waals surface area contributed by atoms with E-state index < -0.39 is 0 Å². The van der Waals surface area contributed by atoms with E-state index in [4.69, 9.17) is 9.52 Å². The van der Waals surface area contributed by atoms with E-state index in [0.29, 0.717) is 0 Å². The second-order valence-corrected chi connectivity index (χ2v) is 3.27. The molecule has 2 rings (SSSR count). The van der Waals surface area contributed by atoms with E-state index in [1.54, 1.807) is 0 Å². The van der Waals surface area contributed by atoms with Gasteiger partial charge in [0.05, 0.1) is 6.61 Å². The lowest BCUT2D eigenvalue weighted by molar-refractivity contribution is 0.282. The summed E-state index contributed by atoms with van der Waals surface area (Å²) in [6.07, 6.45) is 0. The lowest BCUT2D eigenvalue weighted by Gasteiger charge is -1.99. The molecule has 0 aliphatic rings. The number of benzene rings is 1. The molecule has 0 aliphatic heterocycles. The highest BCUT2D eigenvalue weighted by Gasteiger charge is 2.02. The van der Waals surface area contributed by atoms with Crippen LogP contribution in [0.4, 0.5) is 0 Å². The van der Waals surface area contributed by atoms with Crippen LogP contribution in [0.2, 0.25) is 0 Å². The Kier molecular flexibility index (Phi) is 2.37. The number of aryl methyl sites for hydroxylation is 1. The van der Waals surface area contributed by atoms with Crippen LogP contribution in [0.1, 0.15) is 11.3 Å². The maximum Gasteiger partial charge on any atom is 0.134 e. The molecule has 0 bridgehead atoms. The lowest BCUT2D eigenvalue weighted by Crippen LogP contribution is -1.82. The molecule has 0 saturated carbocycles. The zero-order chi connectivity index (χ0) is 9.97. The van der Waals surface area contributed by atoms with Crippen molar-refractivity contribution in [3.63, 3.8) is 0 Å². The molecule has 0 amide bonds. The lowest BCUT2D eigenvalue weighted by atomic mass is 10.1. The molecule has 0 saturated heterocycles. The summed E-state index contributed by atoms with van der Waals surface area (Å²) in [5.41, 5.74) is 1.90. The van der Waals surface area contributed by atoms with Crippen molar-refractivity contribution >= 4 is 0 Å². The zero-order valence-corrected chi connectivity index (χ0v) is 8.03. The summed E-state index contributed by atoms with van der Waals surface area (Å²) in [6, 6.07) is 11.6. The number of hydrogen-bond acceptors (Lipinski definition) is 2. The Morgan fingerprint density at radius 1 is 1.21 bits per heavy atom. The second kappa shape index (κ2) is 3.68. The first kappa shape index (κ1) is 9.03. The zero-order valence-electron chi connectivity index (χ0n) is 8.03. The number of aliphatic hydroxyl groups excluding tert-OH is 1. The molecule has 0 spiro atoms. The van der Waals surface area contributed by atoms with Crippen molar-refractivity contribution in [2.75, 3.05) is 0 Å². The minimum absolute atomic E-state index is 0.0630. The monoisotopic (exact) mass is 188 g/mol. The molecule has 1 N–H and O–H groups in total. The molecule has 0 atom stereocenters. The molecule has 0 unspecified atom stereocenters. The van der Waals surface area contributed by atoms with E-state index in [1.807, 2.05) is 43.3 Å². The quantitative estimate of drug-likeness (QED) is 0.786. The third kappa shape index (κ3) is 1.70. The molecule has 14 heavy (non-hydrogen) atoms. The molecule has 72 valence electrons. The SMILES string of the molecule is Cc1ccc(-c2cccc(CO)c2)o1. The van der Waals surface area contributed by atoms with Gasteiger partial charge in [-0.15, -0.1) is 0 Å². The minimum Gasteiger partial charge on any atom is -0.461 e. The molecule has 1 aromatic carbocycles. The Hall–Kier alpha value is -1.54. The molecule has 2 nitrogen and oxygen atoms in total. The maximum atomic E-state index is 8.98. The van der Waals surface area contributed by atoms with Crippen LogP contribution in [0.25, 0.3) is 11.3 Å². The van der Waals surface area contributed by atoms with E-state index in [-0.39, 0.29) is 6.61 Å². The highest BCUT2D eigenvalue weighted by molar-refractivity contribution is 5.58. The van der Waals surface area contributed by atoms with Crippen molar-refractivity contribution in [2.45, 2.75) is 13.5 Å². The van der Waals surface area contributed by atoms with Gasteiger partial charge in [-0.05, 0) is 30.7 Å². The molecular formula is C12H12O2. The van der Waals surface area contributed by atoms with Crippen molar-refractivity contribution in [2.24, 2.45) is 0 Å². The van der Waals surface area contributed by atoms with Gasteiger partial charge in [-0.1, -0.05) is 18.2 Å². The standard InChI is InChI=1S/C12H12O2/c1-9-5-6-12(14-9)11-4-2-3-10(7-11)8-13/h2-7,13H,8H2,1H3. The van der Waals surface area contributed by atoms with Crippen LogP contribution in [0.3, 0.4) is 0 Å². The van der Waals surface area contributed by atoms with Crippen LogP contribution in [-0.2, 0) is 6.61 Å². The van der Waals surface area contributed by atoms with Gasteiger partial charge in [0.2, 0.25) is 0 Å². The van der Waals surface area contributed by atoms with E-state index in [0.717, 1.165) is 22.6 Å². The van der Waals surface area contributed by atoms with Crippen molar-refractivity contribution in [3.05, 3.63) is 47.7 Å². The molecule has 2 aromatic rings. The largest absolute Gasteiger partial charge is 0.461 e. The summed E-state index contributed by atoms with van der Waals surface area (Å²) in [4.78, 5) is 0. The van der Waals surface area contributed by atoms with Crippen LogP contribution in [0.5, 0.6) is 0 Å². The summed E-state index contributed by atoms with van der Waals surface area (Å²) in [6.45, 7) is 1.98. The Bertz CT molecular complexity index is 429. The predicted octanol–water partition coefficient (Wildman–Crippen LogP) is 2.75. The first-order chi connectivity index (χ1) is 6.79. The molecule has 2 heteroatoms. The number of rotatable bonds is 2. The van der Waals surface area contributed by atoms with Gasteiger partial charge in [0.25, 0.3) is 0 Å². The third-order valence-electron chi connectivity index (χ3n) is 2.13. The molecule has 0 radical (unpaired) electrons. The summed E-state index contributed by atoms with van der Waals surface area (Å²) in [5.74, 6) is 1.74. The Balaban J connectivity index is 2.41.